The van der Waals surface area contributed by atoms with Gasteiger partial charge in [0, 0.05) is 16.9 Å². The summed E-state index contributed by atoms with van der Waals surface area (Å²) in [5.74, 6) is 0.548. The van der Waals surface area contributed by atoms with E-state index in [4.69, 9.17) is 9.72 Å². The van der Waals surface area contributed by atoms with Crippen LogP contribution in [-0.2, 0) is 4.74 Å². The number of imidazole rings is 1. The Kier molecular flexibility index (Phi) is 4.80. The average molecular weight is 385 g/mol. The smallest absolute Gasteiger partial charge is 0.337 e. The Bertz CT molecular complexity index is 1210. The molecule has 29 heavy (non-hydrogen) atoms. The summed E-state index contributed by atoms with van der Waals surface area (Å²) >= 11 is 0. The Hall–Kier alpha value is -3.60. The molecule has 4 rings (SSSR count). The van der Waals surface area contributed by atoms with Crippen LogP contribution in [0.15, 0.2) is 60.7 Å². The number of aromatic nitrogens is 2. The number of ether oxygens (including phenoxy) is 1. The number of rotatable bonds is 4. The minimum absolute atomic E-state index is 0.351. The van der Waals surface area contributed by atoms with Crippen molar-refractivity contribution in [3.63, 3.8) is 0 Å². The Morgan fingerprint density at radius 1 is 1.00 bits per heavy atom. The molecule has 0 saturated heterocycles. The first kappa shape index (κ1) is 18.7. The van der Waals surface area contributed by atoms with Crippen molar-refractivity contribution >= 4 is 23.1 Å². The number of esters is 1. The fraction of sp³-hybridized carbons (Fsp3) is 0.167. The van der Waals surface area contributed by atoms with Crippen molar-refractivity contribution in [3.05, 3.63) is 83.0 Å². The van der Waals surface area contributed by atoms with E-state index in [0.29, 0.717) is 5.56 Å². The summed E-state index contributed by atoms with van der Waals surface area (Å²) < 4.78 is 6.91. The van der Waals surface area contributed by atoms with Gasteiger partial charge in [0.2, 0.25) is 0 Å². The van der Waals surface area contributed by atoms with Crippen molar-refractivity contribution in [2.45, 2.75) is 20.8 Å². The summed E-state index contributed by atoms with van der Waals surface area (Å²) in [6, 6.07) is 19.7. The molecule has 2 aromatic heterocycles. The third kappa shape index (κ3) is 3.47. The highest BCUT2D eigenvalue weighted by molar-refractivity contribution is 5.90. The lowest BCUT2D eigenvalue weighted by molar-refractivity contribution is 0.0601. The monoisotopic (exact) mass is 385 g/mol. The van der Waals surface area contributed by atoms with E-state index in [0.717, 1.165) is 34.1 Å². The van der Waals surface area contributed by atoms with Gasteiger partial charge >= 0.3 is 5.97 Å². The predicted molar refractivity (Wildman–Crippen MR) is 116 cm³/mol. The van der Waals surface area contributed by atoms with Crippen molar-refractivity contribution in [2.24, 2.45) is 0 Å². The quantitative estimate of drug-likeness (QED) is 0.474. The number of carbonyl (C=O) groups excluding carboxylic acids is 1. The Morgan fingerprint density at radius 3 is 2.45 bits per heavy atom. The molecule has 0 spiro atoms. The number of anilines is 2. The van der Waals surface area contributed by atoms with Crippen molar-refractivity contribution in [1.29, 1.82) is 0 Å². The molecule has 0 fully saturated rings. The lowest BCUT2D eigenvalue weighted by Gasteiger charge is -2.13. The molecule has 5 nitrogen and oxygen atoms in total. The topological polar surface area (TPSA) is 55.6 Å². The Balaban J connectivity index is 1.87. The summed E-state index contributed by atoms with van der Waals surface area (Å²) in [7, 11) is 1.38. The lowest BCUT2D eigenvalue weighted by Crippen LogP contribution is -2.02. The maximum absolute atomic E-state index is 11.8. The summed E-state index contributed by atoms with van der Waals surface area (Å²) in [4.78, 5) is 16.6. The van der Waals surface area contributed by atoms with E-state index >= 15 is 0 Å². The SMILES string of the molecule is COC(=O)c1ccc(-c2nc3cccc(C)n3c2Nc2ccc(C)cc2C)cc1. The third-order valence-corrected chi connectivity index (χ3v) is 5.05. The van der Waals surface area contributed by atoms with Gasteiger partial charge in [-0.25, -0.2) is 9.78 Å². The van der Waals surface area contributed by atoms with Gasteiger partial charge in [0.15, 0.2) is 0 Å². The van der Waals surface area contributed by atoms with Crippen LogP contribution in [0.1, 0.15) is 27.2 Å². The van der Waals surface area contributed by atoms with Gasteiger partial charge in [-0.1, -0.05) is 35.9 Å². The molecule has 0 atom stereocenters. The Morgan fingerprint density at radius 2 is 1.76 bits per heavy atom. The van der Waals surface area contributed by atoms with Gasteiger partial charge in [-0.2, -0.15) is 0 Å². The van der Waals surface area contributed by atoms with E-state index in [1.54, 1.807) is 12.1 Å². The second-order valence-electron chi connectivity index (χ2n) is 7.18. The molecule has 0 saturated carbocycles. The van der Waals surface area contributed by atoms with Gasteiger partial charge in [-0.3, -0.25) is 4.40 Å². The van der Waals surface area contributed by atoms with Crippen molar-refractivity contribution < 1.29 is 9.53 Å². The van der Waals surface area contributed by atoms with Gasteiger partial charge in [0.25, 0.3) is 0 Å². The Labute approximate surface area is 170 Å². The van der Waals surface area contributed by atoms with Crippen LogP contribution < -0.4 is 5.32 Å². The number of fused-ring (bicyclic) bond motifs is 1. The number of pyridine rings is 1. The minimum atomic E-state index is -0.351. The van der Waals surface area contributed by atoms with E-state index < -0.39 is 0 Å². The molecule has 0 unspecified atom stereocenters. The van der Waals surface area contributed by atoms with E-state index in [1.807, 2.05) is 24.3 Å². The van der Waals surface area contributed by atoms with Crippen LogP contribution in [-0.4, -0.2) is 22.5 Å². The molecule has 2 aromatic carbocycles. The summed E-state index contributed by atoms with van der Waals surface area (Å²) in [6.45, 7) is 6.24. The highest BCUT2D eigenvalue weighted by atomic mass is 16.5. The zero-order valence-electron chi connectivity index (χ0n) is 17.0. The number of hydrogen-bond donors (Lipinski definition) is 1. The molecular formula is C24H23N3O2. The predicted octanol–water partition coefficient (Wildman–Crippen LogP) is 5.46. The normalized spacial score (nSPS) is 10.9. The van der Waals surface area contributed by atoms with Gasteiger partial charge in [-0.05, 0) is 56.7 Å². The molecule has 5 heteroatoms. The van der Waals surface area contributed by atoms with Crippen LogP contribution in [0.2, 0.25) is 0 Å². The van der Waals surface area contributed by atoms with E-state index in [-0.39, 0.29) is 5.97 Å². The lowest BCUT2D eigenvalue weighted by atomic mass is 10.1. The molecule has 0 aliphatic heterocycles. The molecular weight excluding hydrogens is 362 g/mol. The van der Waals surface area contributed by atoms with Crippen molar-refractivity contribution in [3.8, 4) is 11.3 Å². The van der Waals surface area contributed by atoms with E-state index in [9.17, 15) is 4.79 Å². The van der Waals surface area contributed by atoms with Crippen LogP contribution in [0.3, 0.4) is 0 Å². The first-order valence-electron chi connectivity index (χ1n) is 9.49. The van der Waals surface area contributed by atoms with Crippen LogP contribution >= 0.6 is 0 Å². The fourth-order valence-corrected chi connectivity index (χ4v) is 3.53. The number of benzene rings is 2. The number of nitrogens with zero attached hydrogens (tertiary/aromatic N) is 2. The molecule has 0 aliphatic rings. The first-order valence-corrected chi connectivity index (χ1v) is 9.49. The standard InChI is InChI=1S/C24H23N3O2/c1-15-8-13-20(16(2)14-15)25-23-22(26-21-7-5-6-17(3)27(21)23)18-9-11-19(12-10-18)24(28)29-4/h5-14,25H,1-4H3. The van der Waals surface area contributed by atoms with Crippen molar-refractivity contribution in [1.82, 2.24) is 9.38 Å². The summed E-state index contributed by atoms with van der Waals surface area (Å²) in [5, 5.41) is 3.59. The molecule has 4 aromatic rings. The number of nitrogens with one attached hydrogen (secondary N) is 1. The van der Waals surface area contributed by atoms with Gasteiger partial charge in [0.05, 0.1) is 12.7 Å². The molecule has 2 heterocycles. The largest absolute Gasteiger partial charge is 0.465 e. The maximum Gasteiger partial charge on any atom is 0.337 e. The van der Waals surface area contributed by atoms with Crippen LogP contribution in [0.25, 0.3) is 16.9 Å². The minimum Gasteiger partial charge on any atom is -0.465 e. The zero-order valence-corrected chi connectivity index (χ0v) is 17.0. The van der Waals surface area contributed by atoms with Crippen LogP contribution in [0.4, 0.5) is 11.5 Å². The third-order valence-electron chi connectivity index (χ3n) is 5.05. The highest BCUT2D eigenvalue weighted by Gasteiger charge is 2.17. The van der Waals surface area contributed by atoms with Crippen LogP contribution in [0.5, 0.6) is 0 Å². The van der Waals surface area contributed by atoms with Gasteiger partial charge in [-0.15, -0.1) is 0 Å². The van der Waals surface area contributed by atoms with Crippen LogP contribution in [0, 0.1) is 20.8 Å². The number of carbonyl (C=O) groups is 1. The number of aryl methyl sites for hydroxylation is 3. The molecule has 0 amide bonds. The molecule has 1 N–H and O–H groups in total. The maximum atomic E-state index is 11.8. The molecule has 146 valence electrons. The second-order valence-corrected chi connectivity index (χ2v) is 7.18. The average Bonchev–Trinajstić information content (AvgIpc) is 3.09. The second kappa shape index (κ2) is 7.43. The van der Waals surface area contributed by atoms with E-state index in [2.05, 4.69) is 54.8 Å². The number of hydrogen-bond acceptors (Lipinski definition) is 4. The van der Waals surface area contributed by atoms with Gasteiger partial charge in [0.1, 0.15) is 17.2 Å². The number of methoxy groups -OCH3 is 1. The highest BCUT2D eigenvalue weighted by Crippen LogP contribution is 2.33. The van der Waals surface area contributed by atoms with E-state index in [1.165, 1.54) is 18.2 Å². The zero-order chi connectivity index (χ0) is 20.5. The first-order chi connectivity index (χ1) is 14.0. The summed E-state index contributed by atoms with van der Waals surface area (Å²) in [5.41, 5.74) is 7.64. The van der Waals surface area contributed by atoms with Crippen molar-refractivity contribution in [2.75, 3.05) is 12.4 Å². The van der Waals surface area contributed by atoms with Gasteiger partial charge < -0.3 is 10.1 Å². The molecule has 0 bridgehead atoms. The fourth-order valence-electron chi connectivity index (χ4n) is 3.53. The molecule has 0 radical (unpaired) electrons. The summed E-state index contributed by atoms with van der Waals surface area (Å²) in [6.07, 6.45) is 0. The molecule has 0 aliphatic carbocycles.